The standard InChI is InChI=1S/C20H33N5O2/c26-20(16-5-4-10-24(14-16)17-8-11-27-12-9-17)21-13-19-23-22-15-25(19)18-6-2-1-3-7-18/h15-18H,1-14H2,(H,21,26)/t16-/m0/s1. The summed E-state index contributed by atoms with van der Waals surface area (Å²) in [6.45, 7) is 4.20. The van der Waals surface area contributed by atoms with Gasteiger partial charge in [-0.3, -0.25) is 9.69 Å². The average Bonchev–Trinajstić information content (AvgIpc) is 3.22. The summed E-state index contributed by atoms with van der Waals surface area (Å²) in [4.78, 5) is 15.3. The van der Waals surface area contributed by atoms with Crippen LogP contribution in [0.1, 0.15) is 69.7 Å². The van der Waals surface area contributed by atoms with Crippen LogP contribution in [0.4, 0.5) is 0 Å². The Kier molecular flexibility index (Phi) is 6.39. The van der Waals surface area contributed by atoms with E-state index in [-0.39, 0.29) is 11.8 Å². The number of carbonyl (C=O) groups excluding carboxylic acids is 1. The third-order valence-electron chi connectivity index (χ3n) is 6.57. The summed E-state index contributed by atoms with van der Waals surface area (Å²) in [5.41, 5.74) is 0. The molecule has 1 amide bonds. The van der Waals surface area contributed by atoms with Gasteiger partial charge in [0.15, 0.2) is 5.82 Å². The molecule has 0 aromatic carbocycles. The normalized spacial score (nSPS) is 26.1. The first kappa shape index (κ1) is 18.9. The van der Waals surface area contributed by atoms with Crippen LogP contribution in [0.3, 0.4) is 0 Å². The minimum Gasteiger partial charge on any atom is -0.381 e. The van der Waals surface area contributed by atoms with Crippen LogP contribution >= 0.6 is 0 Å². The quantitative estimate of drug-likeness (QED) is 0.855. The Morgan fingerprint density at radius 2 is 1.89 bits per heavy atom. The molecule has 0 radical (unpaired) electrons. The Balaban J connectivity index is 1.29. The molecule has 2 aliphatic heterocycles. The van der Waals surface area contributed by atoms with Crippen molar-refractivity contribution in [3.63, 3.8) is 0 Å². The van der Waals surface area contributed by atoms with E-state index >= 15 is 0 Å². The molecule has 0 unspecified atom stereocenters. The second-order valence-corrected chi connectivity index (χ2v) is 8.34. The number of nitrogens with one attached hydrogen (secondary N) is 1. The number of hydrogen-bond donors (Lipinski definition) is 1. The van der Waals surface area contributed by atoms with Crippen LogP contribution in [0.25, 0.3) is 0 Å². The lowest BCUT2D eigenvalue weighted by atomic mass is 9.94. The first-order valence-corrected chi connectivity index (χ1v) is 10.8. The highest BCUT2D eigenvalue weighted by Gasteiger charge is 2.30. The van der Waals surface area contributed by atoms with Gasteiger partial charge in [0, 0.05) is 31.8 Å². The van der Waals surface area contributed by atoms with E-state index < -0.39 is 0 Å². The van der Waals surface area contributed by atoms with Crippen molar-refractivity contribution in [1.29, 1.82) is 0 Å². The second-order valence-electron chi connectivity index (χ2n) is 8.34. The zero-order chi connectivity index (χ0) is 18.5. The van der Waals surface area contributed by atoms with Gasteiger partial charge in [-0.2, -0.15) is 0 Å². The molecule has 3 aliphatic rings. The maximum atomic E-state index is 12.8. The summed E-state index contributed by atoms with van der Waals surface area (Å²) in [6, 6.07) is 1.09. The fourth-order valence-corrected chi connectivity index (χ4v) is 4.97. The van der Waals surface area contributed by atoms with Gasteiger partial charge in [0.2, 0.25) is 5.91 Å². The molecule has 4 rings (SSSR count). The summed E-state index contributed by atoms with van der Waals surface area (Å²) >= 11 is 0. The zero-order valence-electron chi connectivity index (χ0n) is 16.3. The summed E-state index contributed by atoms with van der Waals surface area (Å²) in [6.07, 6.45) is 12.4. The zero-order valence-corrected chi connectivity index (χ0v) is 16.3. The minimum absolute atomic E-state index is 0.0904. The molecule has 2 saturated heterocycles. The third-order valence-corrected chi connectivity index (χ3v) is 6.57. The topological polar surface area (TPSA) is 72.3 Å². The van der Waals surface area contributed by atoms with Crippen molar-refractivity contribution in [2.75, 3.05) is 26.3 Å². The lowest BCUT2D eigenvalue weighted by Crippen LogP contribution is -2.48. The molecule has 27 heavy (non-hydrogen) atoms. The van der Waals surface area contributed by atoms with Gasteiger partial charge in [0.05, 0.1) is 12.5 Å². The predicted molar refractivity (Wildman–Crippen MR) is 102 cm³/mol. The van der Waals surface area contributed by atoms with E-state index in [2.05, 4.69) is 25.0 Å². The van der Waals surface area contributed by atoms with E-state index in [0.717, 1.165) is 57.8 Å². The smallest absolute Gasteiger partial charge is 0.224 e. The molecule has 150 valence electrons. The Hall–Kier alpha value is -1.47. The molecular weight excluding hydrogens is 342 g/mol. The Morgan fingerprint density at radius 1 is 1.07 bits per heavy atom. The molecule has 7 nitrogen and oxygen atoms in total. The highest BCUT2D eigenvalue weighted by molar-refractivity contribution is 5.78. The van der Waals surface area contributed by atoms with Crippen LogP contribution in [0, 0.1) is 5.92 Å². The lowest BCUT2D eigenvalue weighted by Gasteiger charge is -2.39. The number of amides is 1. The molecule has 3 heterocycles. The Labute approximate surface area is 161 Å². The molecule has 1 saturated carbocycles. The van der Waals surface area contributed by atoms with E-state index in [0.29, 0.717) is 18.6 Å². The fraction of sp³-hybridized carbons (Fsp3) is 0.850. The van der Waals surface area contributed by atoms with E-state index in [4.69, 9.17) is 4.74 Å². The van der Waals surface area contributed by atoms with E-state index in [1.165, 1.54) is 32.1 Å². The van der Waals surface area contributed by atoms with Gasteiger partial charge < -0.3 is 14.6 Å². The largest absolute Gasteiger partial charge is 0.381 e. The van der Waals surface area contributed by atoms with Gasteiger partial charge in [-0.25, -0.2) is 0 Å². The van der Waals surface area contributed by atoms with Crippen molar-refractivity contribution < 1.29 is 9.53 Å². The van der Waals surface area contributed by atoms with Gasteiger partial charge in [-0.1, -0.05) is 19.3 Å². The van der Waals surface area contributed by atoms with Crippen molar-refractivity contribution in [3.05, 3.63) is 12.2 Å². The first-order chi connectivity index (χ1) is 13.3. The molecule has 0 spiro atoms. The molecule has 0 bridgehead atoms. The molecule has 1 aromatic rings. The van der Waals surface area contributed by atoms with Crippen LogP contribution in [0.2, 0.25) is 0 Å². The Morgan fingerprint density at radius 3 is 2.70 bits per heavy atom. The predicted octanol–water partition coefficient (Wildman–Crippen LogP) is 2.29. The van der Waals surface area contributed by atoms with Gasteiger partial charge in [-0.15, -0.1) is 10.2 Å². The molecule has 1 atom stereocenters. The number of rotatable bonds is 5. The maximum absolute atomic E-state index is 12.8. The molecule has 7 heteroatoms. The minimum atomic E-state index is 0.0904. The Bertz CT molecular complexity index is 607. The van der Waals surface area contributed by atoms with E-state index in [1.54, 1.807) is 0 Å². The molecule has 3 fully saturated rings. The number of nitrogens with zero attached hydrogens (tertiary/aromatic N) is 4. The summed E-state index contributed by atoms with van der Waals surface area (Å²) in [5, 5.41) is 11.5. The van der Waals surface area contributed by atoms with Crippen molar-refractivity contribution in [1.82, 2.24) is 25.0 Å². The van der Waals surface area contributed by atoms with Crippen LogP contribution in [0.5, 0.6) is 0 Å². The van der Waals surface area contributed by atoms with Crippen molar-refractivity contribution in [2.24, 2.45) is 5.92 Å². The van der Waals surface area contributed by atoms with E-state index in [1.807, 2.05) is 6.33 Å². The SMILES string of the molecule is O=C(NCc1nncn1C1CCCCC1)[C@H]1CCCN(C2CCOCC2)C1. The van der Waals surface area contributed by atoms with Crippen LogP contribution < -0.4 is 5.32 Å². The molecule has 1 aliphatic carbocycles. The van der Waals surface area contributed by atoms with Crippen LogP contribution in [0.15, 0.2) is 6.33 Å². The number of likely N-dealkylation sites (tertiary alicyclic amines) is 1. The van der Waals surface area contributed by atoms with Crippen LogP contribution in [-0.2, 0) is 16.1 Å². The van der Waals surface area contributed by atoms with Gasteiger partial charge in [0.25, 0.3) is 0 Å². The lowest BCUT2D eigenvalue weighted by molar-refractivity contribution is -0.127. The number of aromatic nitrogens is 3. The molecular formula is C20H33N5O2. The van der Waals surface area contributed by atoms with Crippen molar-refractivity contribution in [2.45, 2.75) is 76.4 Å². The van der Waals surface area contributed by atoms with Crippen molar-refractivity contribution in [3.8, 4) is 0 Å². The maximum Gasteiger partial charge on any atom is 0.224 e. The molecule has 1 aromatic heterocycles. The van der Waals surface area contributed by atoms with Gasteiger partial charge in [-0.05, 0) is 45.1 Å². The van der Waals surface area contributed by atoms with Gasteiger partial charge in [0.1, 0.15) is 6.33 Å². The summed E-state index contributed by atoms with van der Waals surface area (Å²) in [7, 11) is 0. The fourth-order valence-electron chi connectivity index (χ4n) is 4.97. The average molecular weight is 376 g/mol. The number of ether oxygens (including phenoxy) is 1. The first-order valence-electron chi connectivity index (χ1n) is 10.8. The highest BCUT2D eigenvalue weighted by atomic mass is 16.5. The van der Waals surface area contributed by atoms with Crippen LogP contribution in [-0.4, -0.2) is 57.9 Å². The van der Waals surface area contributed by atoms with E-state index in [9.17, 15) is 4.79 Å². The second kappa shape index (κ2) is 9.15. The number of hydrogen-bond acceptors (Lipinski definition) is 5. The monoisotopic (exact) mass is 375 g/mol. The third kappa shape index (κ3) is 4.69. The summed E-state index contributed by atoms with van der Waals surface area (Å²) in [5.74, 6) is 1.16. The number of carbonyl (C=O) groups is 1. The molecule has 1 N–H and O–H groups in total. The van der Waals surface area contributed by atoms with Gasteiger partial charge >= 0.3 is 0 Å². The van der Waals surface area contributed by atoms with Crippen molar-refractivity contribution >= 4 is 5.91 Å². The number of piperidine rings is 1. The summed E-state index contributed by atoms with van der Waals surface area (Å²) < 4.78 is 7.67. The highest BCUT2D eigenvalue weighted by Crippen LogP contribution is 2.28.